The van der Waals surface area contributed by atoms with Crippen LogP contribution in [0.1, 0.15) is 19.4 Å². The lowest BCUT2D eigenvalue weighted by atomic mass is 10.1. The van der Waals surface area contributed by atoms with Crippen molar-refractivity contribution < 1.29 is 13.6 Å². The summed E-state index contributed by atoms with van der Waals surface area (Å²) in [5.74, 6) is 1.53. The third kappa shape index (κ3) is 3.80. The van der Waals surface area contributed by atoms with E-state index < -0.39 is 7.60 Å². The highest BCUT2D eigenvalue weighted by atomic mass is 31.2. The van der Waals surface area contributed by atoms with Crippen molar-refractivity contribution in [1.82, 2.24) is 0 Å². The minimum Gasteiger partial charge on any atom is -0.306 e. The molecule has 20 heavy (non-hydrogen) atoms. The Kier molecular flexibility index (Phi) is 5.13. The zero-order valence-electron chi connectivity index (χ0n) is 11.8. The van der Waals surface area contributed by atoms with Gasteiger partial charge in [0, 0.05) is 5.82 Å². The van der Waals surface area contributed by atoms with Crippen LogP contribution in [-0.4, -0.2) is 13.2 Å². The van der Waals surface area contributed by atoms with E-state index in [1.807, 2.05) is 30.3 Å². The quantitative estimate of drug-likeness (QED) is 0.696. The Morgan fingerprint density at radius 2 is 1.65 bits per heavy atom. The third-order valence-electron chi connectivity index (χ3n) is 2.84. The number of benzene rings is 2. The average molecular weight is 290 g/mol. The normalized spacial score (nSPS) is 12.3. The third-order valence-corrected chi connectivity index (χ3v) is 4.59. The van der Waals surface area contributed by atoms with Crippen LogP contribution in [0.4, 0.5) is 0 Å². The van der Waals surface area contributed by atoms with Crippen LogP contribution in [0.15, 0.2) is 48.3 Å². The molecule has 2 aromatic carbocycles. The molecule has 0 aliphatic heterocycles. The predicted octanol–water partition coefficient (Wildman–Crippen LogP) is 5.08. The molecule has 0 aliphatic carbocycles. The molecule has 106 valence electrons. The molecule has 3 nitrogen and oxygen atoms in total. The maximum Gasteiger partial charge on any atom is 0.354 e. The monoisotopic (exact) mass is 290 g/mol. The molecular formula is C16H19O3P. The summed E-state index contributed by atoms with van der Waals surface area (Å²) in [6, 6.07) is 14.2. The fraction of sp³-hybridized carbons (Fsp3) is 0.250. The van der Waals surface area contributed by atoms with Crippen molar-refractivity contribution in [2.75, 3.05) is 13.2 Å². The molecule has 2 rings (SSSR count). The summed E-state index contributed by atoms with van der Waals surface area (Å²) in [5, 5.41) is 2.33. The Bertz CT molecular complexity index is 639. The predicted molar refractivity (Wildman–Crippen MR) is 83.8 cm³/mol. The van der Waals surface area contributed by atoms with Gasteiger partial charge in [-0.15, -0.1) is 0 Å². The number of hydrogen-bond donors (Lipinski definition) is 0. The highest BCUT2D eigenvalue weighted by Crippen LogP contribution is 2.50. The van der Waals surface area contributed by atoms with Crippen molar-refractivity contribution in [1.29, 1.82) is 0 Å². The van der Waals surface area contributed by atoms with Gasteiger partial charge >= 0.3 is 7.60 Å². The van der Waals surface area contributed by atoms with Gasteiger partial charge in [-0.25, -0.2) is 0 Å². The smallest absolute Gasteiger partial charge is 0.306 e. The van der Waals surface area contributed by atoms with Crippen molar-refractivity contribution in [3.63, 3.8) is 0 Å². The fourth-order valence-corrected chi connectivity index (χ4v) is 3.29. The SMILES string of the molecule is CCOP(=O)(/C=C/c1ccc2ccccc2c1)OCC. The Hall–Kier alpha value is -1.41. The molecule has 0 spiro atoms. The maximum atomic E-state index is 12.3. The van der Waals surface area contributed by atoms with E-state index in [4.69, 9.17) is 9.05 Å². The lowest BCUT2D eigenvalue weighted by molar-refractivity contribution is 0.229. The molecule has 0 fully saturated rings. The molecule has 0 aliphatic rings. The molecule has 0 saturated carbocycles. The second-order valence-corrected chi connectivity index (χ2v) is 6.19. The molecule has 0 saturated heterocycles. The summed E-state index contributed by atoms with van der Waals surface area (Å²) >= 11 is 0. The number of rotatable bonds is 6. The summed E-state index contributed by atoms with van der Waals surface area (Å²) in [6.45, 7) is 4.32. The zero-order valence-corrected chi connectivity index (χ0v) is 12.7. The van der Waals surface area contributed by atoms with E-state index in [1.165, 1.54) is 11.2 Å². The summed E-state index contributed by atoms with van der Waals surface area (Å²) in [7, 11) is -3.13. The van der Waals surface area contributed by atoms with Crippen molar-refractivity contribution in [2.45, 2.75) is 13.8 Å². The van der Waals surface area contributed by atoms with Crippen LogP contribution in [0.3, 0.4) is 0 Å². The summed E-state index contributed by atoms with van der Waals surface area (Å²) in [6.07, 6.45) is 1.79. The largest absolute Gasteiger partial charge is 0.354 e. The van der Waals surface area contributed by atoms with Gasteiger partial charge in [0.05, 0.1) is 13.2 Å². The Morgan fingerprint density at radius 1 is 1.00 bits per heavy atom. The molecule has 0 amide bonds. The van der Waals surface area contributed by atoms with Gasteiger partial charge in [0.25, 0.3) is 0 Å². The molecule has 0 radical (unpaired) electrons. The van der Waals surface area contributed by atoms with E-state index in [1.54, 1.807) is 19.9 Å². The molecule has 4 heteroatoms. The Morgan fingerprint density at radius 3 is 2.30 bits per heavy atom. The lowest BCUT2D eigenvalue weighted by Crippen LogP contribution is -1.92. The fourth-order valence-electron chi connectivity index (χ4n) is 1.97. The first-order chi connectivity index (χ1) is 9.67. The van der Waals surface area contributed by atoms with E-state index in [0.717, 1.165) is 10.9 Å². The molecule has 0 bridgehead atoms. The molecule has 0 unspecified atom stereocenters. The van der Waals surface area contributed by atoms with Crippen LogP contribution in [0.5, 0.6) is 0 Å². The van der Waals surface area contributed by atoms with Gasteiger partial charge in [0.1, 0.15) is 0 Å². The van der Waals surface area contributed by atoms with Crippen LogP contribution in [0.25, 0.3) is 16.8 Å². The molecule has 0 heterocycles. The summed E-state index contributed by atoms with van der Waals surface area (Å²) in [4.78, 5) is 0. The van der Waals surface area contributed by atoms with Gasteiger partial charge in [-0.3, -0.25) is 4.57 Å². The van der Waals surface area contributed by atoms with Crippen LogP contribution < -0.4 is 0 Å². The van der Waals surface area contributed by atoms with Crippen LogP contribution in [0, 0.1) is 0 Å². The number of hydrogen-bond acceptors (Lipinski definition) is 3. The topological polar surface area (TPSA) is 35.5 Å². The lowest BCUT2D eigenvalue weighted by Gasteiger charge is -2.12. The molecule has 0 aromatic heterocycles. The highest BCUT2D eigenvalue weighted by Gasteiger charge is 2.18. The zero-order chi connectivity index (χ0) is 14.4. The standard InChI is InChI=1S/C16H19O3P/c1-3-18-20(17,19-4-2)12-11-14-9-10-15-7-5-6-8-16(15)13-14/h5-13H,3-4H2,1-2H3/b12-11+. The van der Waals surface area contributed by atoms with Crippen LogP contribution in [0.2, 0.25) is 0 Å². The van der Waals surface area contributed by atoms with Gasteiger partial charge in [-0.2, -0.15) is 0 Å². The van der Waals surface area contributed by atoms with Crippen LogP contribution in [-0.2, 0) is 13.6 Å². The van der Waals surface area contributed by atoms with Gasteiger partial charge in [-0.05, 0) is 42.3 Å². The minimum absolute atomic E-state index is 0.360. The molecule has 2 aromatic rings. The van der Waals surface area contributed by atoms with E-state index in [2.05, 4.69) is 12.1 Å². The first-order valence-corrected chi connectivity index (χ1v) is 8.35. The first kappa shape index (κ1) is 15.0. The van der Waals surface area contributed by atoms with Gasteiger partial charge in [-0.1, -0.05) is 36.4 Å². The average Bonchev–Trinajstić information content (AvgIpc) is 2.46. The molecular weight excluding hydrogens is 271 g/mol. The van der Waals surface area contributed by atoms with Gasteiger partial charge in [0.15, 0.2) is 0 Å². The van der Waals surface area contributed by atoms with E-state index in [9.17, 15) is 4.57 Å². The van der Waals surface area contributed by atoms with E-state index >= 15 is 0 Å². The number of fused-ring (bicyclic) bond motifs is 1. The first-order valence-electron chi connectivity index (χ1n) is 6.73. The van der Waals surface area contributed by atoms with Gasteiger partial charge in [0.2, 0.25) is 0 Å². The molecule has 0 N–H and O–H groups in total. The van der Waals surface area contributed by atoms with Crippen molar-refractivity contribution in [2.24, 2.45) is 0 Å². The summed E-state index contributed by atoms with van der Waals surface area (Å²) < 4.78 is 22.8. The second kappa shape index (κ2) is 6.85. The van der Waals surface area contributed by atoms with Crippen LogP contribution >= 0.6 is 7.60 Å². The summed E-state index contributed by atoms with van der Waals surface area (Å²) in [5.41, 5.74) is 0.975. The highest BCUT2D eigenvalue weighted by molar-refractivity contribution is 7.57. The van der Waals surface area contributed by atoms with Crippen molar-refractivity contribution >= 4 is 24.4 Å². The van der Waals surface area contributed by atoms with Crippen molar-refractivity contribution in [3.8, 4) is 0 Å². The van der Waals surface area contributed by atoms with Crippen molar-refractivity contribution in [3.05, 3.63) is 53.8 Å². The Balaban J connectivity index is 2.25. The maximum absolute atomic E-state index is 12.3. The Labute approximate surface area is 119 Å². The van der Waals surface area contributed by atoms with Gasteiger partial charge < -0.3 is 9.05 Å². The minimum atomic E-state index is -3.13. The molecule has 0 atom stereocenters. The second-order valence-electron chi connectivity index (χ2n) is 4.30. The van der Waals surface area contributed by atoms with E-state index in [0.29, 0.717) is 13.2 Å². The van der Waals surface area contributed by atoms with E-state index in [-0.39, 0.29) is 0 Å².